The van der Waals surface area contributed by atoms with Crippen LogP contribution in [0, 0.1) is 10.4 Å². The Balaban J connectivity index is 0.000000252. The number of hydrogen-bond acceptors (Lipinski definition) is 7. The molecule has 6 aromatic rings. The number of aromatic nitrogens is 8. The van der Waals surface area contributed by atoms with Crippen molar-refractivity contribution in [2.24, 2.45) is 0 Å². The molecule has 4 N–H and O–H groups in total. The van der Waals surface area contributed by atoms with Crippen LogP contribution < -0.4 is 20.5 Å². The molecule has 6 rings (SSSR count). The number of pyridine rings is 2. The number of hydrogen-bond donors (Lipinski definition) is 2. The number of fused-ring (bicyclic) bond motifs is 2. The van der Waals surface area contributed by atoms with Gasteiger partial charge in [0.05, 0.1) is 18.0 Å². The topological polar surface area (TPSA) is 154 Å². The lowest BCUT2D eigenvalue weighted by molar-refractivity contribution is -0.606. The van der Waals surface area contributed by atoms with Gasteiger partial charge >= 0.3 is 0 Å². The summed E-state index contributed by atoms with van der Waals surface area (Å²) >= 11 is 17.8. The molecule has 0 aliphatic carbocycles. The Morgan fingerprint density at radius 3 is 1.87 bits per heavy atom. The van der Waals surface area contributed by atoms with E-state index in [0.29, 0.717) is 28.5 Å². The van der Waals surface area contributed by atoms with Crippen molar-refractivity contribution < 1.29 is 19.9 Å². The van der Waals surface area contributed by atoms with Crippen molar-refractivity contribution in [1.29, 1.82) is 0 Å². The van der Waals surface area contributed by atoms with E-state index in [2.05, 4.69) is 31.2 Å². The van der Waals surface area contributed by atoms with E-state index in [0.717, 1.165) is 61.7 Å². The second-order valence-electron chi connectivity index (χ2n) is 9.13. The van der Waals surface area contributed by atoms with Crippen molar-refractivity contribution in [3.05, 3.63) is 122 Å². The van der Waals surface area contributed by atoms with Crippen molar-refractivity contribution in [2.45, 2.75) is 39.8 Å². The molecule has 0 unspecified atom stereocenters. The van der Waals surface area contributed by atoms with Gasteiger partial charge in [-0.15, -0.1) is 12.4 Å². The van der Waals surface area contributed by atoms with Crippen LogP contribution in [0.3, 0.4) is 0 Å². The Morgan fingerprint density at radius 2 is 1.33 bits per heavy atom. The number of aryl methyl sites for hydroxylation is 2. The number of anilines is 1. The van der Waals surface area contributed by atoms with E-state index < -0.39 is 0 Å². The van der Waals surface area contributed by atoms with Crippen LogP contribution in [0.25, 0.3) is 11.3 Å². The van der Waals surface area contributed by atoms with Gasteiger partial charge in [0.1, 0.15) is 27.8 Å². The maximum Gasteiger partial charge on any atom is 0.189 e. The molecule has 45 heavy (non-hydrogen) atoms. The van der Waals surface area contributed by atoms with E-state index in [4.69, 9.17) is 34.8 Å². The zero-order valence-electron chi connectivity index (χ0n) is 24.3. The lowest BCUT2D eigenvalue weighted by atomic mass is 10.3. The zero-order chi connectivity index (χ0) is 30.9. The lowest BCUT2D eigenvalue weighted by Crippen LogP contribution is -2.48. The van der Waals surface area contributed by atoms with Crippen LogP contribution in [-0.2, 0) is 25.9 Å². The van der Waals surface area contributed by atoms with Crippen LogP contribution >= 0.6 is 47.2 Å². The summed E-state index contributed by atoms with van der Waals surface area (Å²) in [6.07, 6.45) is 11.2. The molecule has 0 saturated carbocycles. The van der Waals surface area contributed by atoms with Crippen LogP contribution in [0.4, 0.5) is 10.5 Å². The van der Waals surface area contributed by atoms with Gasteiger partial charge in [0.25, 0.3) is 0 Å². The summed E-state index contributed by atoms with van der Waals surface area (Å²) in [6.45, 7) is 5.25. The minimum atomic E-state index is 0. The Hall–Kier alpha value is -4.01. The normalized spacial score (nSPS) is 10.2. The molecule has 0 aromatic carbocycles. The minimum absolute atomic E-state index is 0. The van der Waals surface area contributed by atoms with Gasteiger partial charge in [-0.2, -0.15) is 24.2 Å². The van der Waals surface area contributed by atoms with E-state index in [9.17, 15) is 10.4 Å². The van der Waals surface area contributed by atoms with Crippen molar-refractivity contribution in [1.82, 2.24) is 29.2 Å². The number of quaternary nitrogens is 1. The van der Waals surface area contributed by atoms with Gasteiger partial charge in [0.15, 0.2) is 36.1 Å². The number of nitrogens with zero attached hydrogens (tertiary/aromatic N) is 8. The summed E-state index contributed by atoms with van der Waals surface area (Å²) in [5.41, 5.74) is 9.05. The van der Waals surface area contributed by atoms with Gasteiger partial charge in [0.2, 0.25) is 0 Å². The fraction of sp³-hybridized carbons (Fsp3) is 0.214. The summed E-state index contributed by atoms with van der Waals surface area (Å²) in [5, 5.41) is 34.7. The highest BCUT2D eigenvalue weighted by Gasteiger charge is 2.10. The van der Waals surface area contributed by atoms with Crippen LogP contribution in [-0.4, -0.2) is 29.2 Å². The smallest absolute Gasteiger partial charge is 0.189 e. The molecule has 240 valence electrons. The molecule has 0 fully saturated rings. The highest BCUT2D eigenvalue weighted by Crippen LogP contribution is 2.20. The van der Waals surface area contributed by atoms with Crippen molar-refractivity contribution in [2.75, 3.05) is 5.32 Å². The molecule has 6 aromatic heterocycles. The first kappa shape index (κ1) is 37.2. The fourth-order valence-electron chi connectivity index (χ4n) is 3.99. The first-order valence-electron chi connectivity index (χ1n) is 13.3. The van der Waals surface area contributed by atoms with Gasteiger partial charge in [-0.1, -0.05) is 48.7 Å². The molecule has 17 heteroatoms. The average molecular weight is 701 g/mol. The Bertz CT molecular complexity index is 1840. The average Bonchev–Trinajstić information content (AvgIpc) is 3.60. The van der Waals surface area contributed by atoms with E-state index >= 15 is 0 Å². The predicted octanol–water partition coefficient (Wildman–Crippen LogP) is 4.43. The maximum absolute atomic E-state index is 11.3. The highest BCUT2D eigenvalue weighted by atomic mass is 35.5. The third-order valence-electron chi connectivity index (χ3n) is 6.18. The van der Waals surface area contributed by atoms with Gasteiger partial charge in [-0.25, -0.2) is 14.5 Å². The molecule has 0 radical (unpaired) electrons. The van der Waals surface area contributed by atoms with Crippen molar-refractivity contribution in [3.8, 4) is 0 Å². The standard InChI is InChI=1S/C14H14ClN5O.C8H7Cl2N3.C6H8N2O.ClH.FH/c1-2-11-8-17-20-13(6-12(15)18-14(11)20)16-7-10-4-3-5-19(21)9-10;1-2-5-4-11-13-7(10)3-6(9)12-8(5)13;7-4-6-2-1-3-8(9)5-6;;/h3-6,8-9,16H,2,7H2,1H3;3-4H,2H2,1H3;1-3,5H,4,7H2;2*1H/p+1. The number of rotatable bonds is 6. The van der Waals surface area contributed by atoms with Gasteiger partial charge in [0, 0.05) is 47.5 Å². The first-order chi connectivity index (χ1) is 20.7. The Labute approximate surface area is 279 Å². The molecule has 6 heterocycles. The van der Waals surface area contributed by atoms with E-state index in [1.54, 1.807) is 45.7 Å². The SMILES string of the molecule is CCc1cnn2c(Cl)cc(Cl)nc12.CCc1cnn2c(NCc3ccc[n+]([O-])c3)cc(Cl)nc12.Cl.F.[NH3+]Cc1ccc[n+]([O-])c1. The highest BCUT2D eigenvalue weighted by molar-refractivity contribution is 6.33. The molecule has 0 spiro atoms. The molecule has 0 aliphatic rings. The summed E-state index contributed by atoms with van der Waals surface area (Å²) in [7, 11) is 0. The van der Waals surface area contributed by atoms with Crippen molar-refractivity contribution in [3.63, 3.8) is 0 Å². The molecular formula is C28H32Cl4FN10O2+. The first-order valence-corrected chi connectivity index (χ1v) is 14.5. The third kappa shape index (κ3) is 9.74. The monoisotopic (exact) mass is 699 g/mol. The summed E-state index contributed by atoms with van der Waals surface area (Å²) in [6, 6.07) is 10.5. The number of nitrogens with one attached hydrogen (secondary N) is 1. The zero-order valence-corrected chi connectivity index (χ0v) is 27.4. The van der Waals surface area contributed by atoms with E-state index in [1.165, 1.54) is 24.8 Å². The molecule has 12 nitrogen and oxygen atoms in total. The Kier molecular flexibility index (Phi) is 14.4. The van der Waals surface area contributed by atoms with E-state index in [1.807, 2.05) is 26.0 Å². The summed E-state index contributed by atoms with van der Waals surface area (Å²) in [5.74, 6) is 0.742. The van der Waals surface area contributed by atoms with Gasteiger partial charge < -0.3 is 21.5 Å². The summed E-state index contributed by atoms with van der Waals surface area (Å²) in [4.78, 5) is 8.46. The predicted molar refractivity (Wildman–Crippen MR) is 174 cm³/mol. The van der Waals surface area contributed by atoms with Crippen LogP contribution in [0.2, 0.25) is 15.5 Å². The Morgan fingerprint density at radius 1 is 0.822 bits per heavy atom. The van der Waals surface area contributed by atoms with Gasteiger partial charge in [-0.05, 0) is 25.0 Å². The molecule has 0 amide bonds. The van der Waals surface area contributed by atoms with Gasteiger partial charge in [-0.3, -0.25) is 4.70 Å². The quantitative estimate of drug-likeness (QED) is 0.148. The van der Waals surface area contributed by atoms with Crippen LogP contribution in [0.1, 0.15) is 36.1 Å². The molecule has 0 saturated heterocycles. The molecular weight excluding hydrogens is 669 g/mol. The largest absolute Gasteiger partial charge is 0.619 e. The second-order valence-corrected chi connectivity index (χ2v) is 10.3. The molecule has 0 atom stereocenters. The maximum atomic E-state index is 11.3. The van der Waals surface area contributed by atoms with Crippen LogP contribution in [0.5, 0.6) is 0 Å². The molecule has 0 aliphatic heterocycles. The lowest BCUT2D eigenvalue weighted by Gasteiger charge is -2.09. The number of halogens is 5. The van der Waals surface area contributed by atoms with Crippen LogP contribution in [0.15, 0.2) is 73.6 Å². The van der Waals surface area contributed by atoms with Crippen molar-refractivity contribution >= 4 is 64.3 Å². The van der Waals surface area contributed by atoms with E-state index in [-0.39, 0.29) is 17.1 Å². The second kappa shape index (κ2) is 17.5. The third-order valence-corrected chi connectivity index (χ3v) is 6.84. The minimum Gasteiger partial charge on any atom is -0.619 e. The fourth-order valence-corrected chi connectivity index (χ4v) is 4.64. The summed E-state index contributed by atoms with van der Waals surface area (Å²) < 4.78 is 4.85. The molecule has 0 bridgehead atoms.